The van der Waals surface area contributed by atoms with E-state index in [1.165, 1.54) is 24.0 Å². The van der Waals surface area contributed by atoms with Crippen LogP contribution in [0, 0.1) is 6.92 Å². The van der Waals surface area contributed by atoms with Gasteiger partial charge in [0, 0.05) is 13.1 Å². The Bertz CT molecular complexity index is 1340. The van der Waals surface area contributed by atoms with Gasteiger partial charge in [0.2, 0.25) is 0 Å². The zero-order chi connectivity index (χ0) is 25.3. The maximum Gasteiger partial charge on any atom is 0.407 e. The van der Waals surface area contributed by atoms with Crippen LogP contribution in [0.5, 0.6) is 5.75 Å². The maximum atomic E-state index is 12.3. The molecule has 0 radical (unpaired) electrons. The number of aryl methyl sites for hydroxylation is 1. The summed E-state index contributed by atoms with van der Waals surface area (Å²) in [5.74, 6) is -1.52. The number of aromatic nitrogens is 3. The molecule has 0 bridgehead atoms. The molecule has 0 spiro atoms. The van der Waals surface area contributed by atoms with E-state index >= 15 is 0 Å². The second kappa shape index (κ2) is 9.25. The highest BCUT2D eigenvalue weighted by molar-refractivity contribution is 6.22. The minimum Gasteiger partial charge on any atom is -0.505 e. The Morgan fingerprint density at radius 1 is 1.09 bits per heavy atom. The number of phenolic OH excluding ortho intramolecular Hbond substituents is 1. The van der Waals surface area contributed by atoms with Gasteiger partial charge in [0.1, 0.15) is 35.7 Å². The predicted molar refractivity (Wildman–Crippen MR) is 121 cm³/mol. The third-order valence-electron chi connectivity index (χ3n) is 5.30. The van der Waals surface area contributed by atoms with Gasteiger partial charge in [-0.1, -0.05) is 6.58 Å². The lowest BCUT2D eigenvalue weighted by Gasteiger charge is -2.11. The summed E-state index contributed by atoms with van der Waals surface area (Å²) in [4.78, 5) is 49.6. The number of carbonyl (C=O) groups is 4. The molecular formula is C23H21N5O7. The first-order chi connectivity index (χ1) is 16.7. The standard InChI is InChI=1S/C23H21N5O7/c1-4-19(29)34-6-5-24-23(33)35-11-13-7-12(2)20(30)18(8-13)28-25-16-9-14-15(10-17(16)26-28)22(32)27(3)21(14)31/h4,7-10,30H,1,5-6,11H2,2-3H3,(H,24,33). The molecule has 0 atom stereocenters. The summed E-state index contributed by atoms with van der Waals surface area (Å²) in [6.45, 7) is 4.86. The molecule has 12 heteroatoms. The summed E-state index contributed by atoms with van der Waals surface area (Å²) in [5, 5.41) is 21.7. The van der Waals surface area contributed by atoms with Gasteiger partial charge in [-0.25, -0.2) is 9.59 Å². The van der Waals surface area contributed by atoms with Crippen LogP contribution >= 0.6 is 0 Å². The molecular weight excluding hydrogens is 458 g/mol. The predicted octanol–water partition coefficient (Wildman–Crippen LogP) is 1.62. The second-order valence-corrected chi connectivity index (χ2v) is 7.70. The molecule has 3 aromatic rings. The number of amides is 3. The number of alkyl carbamates (subject to hydrolysis) is 1. The first kappa shape index (κ1) is 23.4. The van der Waals surface area contributed by atoms with E-state index < -0.39 is 23.9 Å². The normalized spacial score (nSPS) is 12.6. The van der Waals surface area contributed by atoms with Crippen molar-refractivity contribution < 1.29 is 33.8 Å². The molecule has 180 valence electrons. The number of esters is 1. The highest BCUT2D eigenvalue weighted by atomic mass is 16.6. The van der Waals surface area contributed by atoms with Crippen LogP contribution in [0.15, 0.2) is 36.9 Å². The topological polar surface area (TPSA) is 153 Å². The number of hydrogen-bond acceptors (Lipinski definition) is 9. The van der Waals surface area contributed by atoms with Gasteiger partial charge in [0.05, 0.1) is 17.7 Å². The number of fused-ring (bicyclic) bond motifs is 2. The van der Waals surface area contributed by atoms with Crippen molar-refractivity contribution in [2.24, 2.45) is 0 Å². The molecule has 4 rings (SSSR count). The molecule has 2 heterocycles. The van der Waals surface area contributed by atoms with Crippen LogP contribution in [0.1, 0.15) is 31.8 Å². The van der Waals surface area contributed by atoms with Crippen molar-refractivity contribution in [2.45, 2.75) is 13.5 Å². The van der Waals surface area contributed by atoms with Crippen molar-refractivity contribution in [2.75, 3.05) is 20.2 Å². The minimum atomic E-state index is -0.719. The number of carbonyl (C=O) groups excluding carboxylic acids is 4. The summed E-state index contributed by atoms with van der Waals surface area (Å²) in [5.41, 5.74) is 2.50. The Kier molecular flexibility index (Phi) is 6.19. The van der Waals surface area contributed by atoms with Crippen molar-refractivity contribution in [1.29, 1.82) is 0 Å². The summed E-state index contributed by atoms with van der Waals surface area (Å²) in [7, 11) is 1.41. The fourth-order valence-electron chi connectivity index (χ4n) is 3.51. The van der Waals surface area contributed by atoms with E-state index in [1.807, 2.05) is 0 Å². The van der Waals surface area contributed by atoms with Gasteiger partial charge in [-0.3, -0.25) is 14.5 Å². The molecule has 0 saturated carbocycles. The molecule has 35 heavy (non-hydrogen) atoms. The Morgan fingerprint density at radius 3 is 2.31 bits per heavy atom. The van der Waals surface area contributed by atoms with Crippen LogP contribution in [0.2, 0.25) is 0 Å². The lowest BCUT2D eigenvalue weighted by atomic mass is 10.1. The highest BCUT2D eigenvalue weighted by Gasteiger charge is 2.33. The van der Waals surface area contributed by atoms with Crippen molar-refractivity contribution in [3.63, 3.8) is 0 Å². The molecule has 1 aliphatic rings. The number of phenols is 1. The fourth-order valence-corrected chi connectivity index (χ4v) is 3.51. The van der Waals surface area contributed by atoms with Gasteiger partial charge in [0.15, 0.2) is 0 Å². The van der Waals surface area contributed by atoms with E-state index in [1.54, 1.807) is 19.1 Å². The van der Waals surface area contributed by atoms with Crippen LogP contribution in [-0.4, -0.2) is 69.1 Å². The summed E-state index contributed by atoms with van der Waals surface area (Å²) in [6, 6.07) is 6.18. The SMILES string of the molecule is C=CC(=O)OCCNC(=O)OCc1cc(C)c(O)c(-n2nc3cc4c(cc3n2)C(=O)N(C)C4=O)c1. The Balaban J connectivity index is 1.51. The Hall–Kier alpha value is -4.74. The largest absolute Gasteiger partial charge is 0.505 e. The number of hydrogen-bond donors (Lipinski definition) is 2. The quantitative estimate of drug-likeness (QED) is 0.223. The molecule has 12 nitrogen and oxygen atoms in total. The number of benzene rings is 2. The number of nitrogens with zero attached hydrogens (tertiary/aromatic N) is 4. The van der Waals surface area contributed by atoms with Gasteiger partial charge < -0.3 is 19.9 Å². The van der Waals surface area contributed by atoms with Gasteiger partial charge >= 0.3 is 12.1 Å². The Labute approximate surface area is 198 Å². The first-order valence-electron chi connectivity index (χ1n) is 10.5. The van der Waals surface area contributed by atoms with Crippen molar-refractivity contribution in [3.8, 4) is 11.4 Å². The van der Waals surface area contributed by atoms with Crippen LogP contribution < -0.4 is 5.32 Å². The van der Waals surface area contributed by atoms with Crippen LogP contribution in [-0.2, 0) is 20.9 Å². The van der Waals surface area contributed by atoms with Crippen molar-refractivity contribution in [3.05, 3.63) is 59.2 Å². The molecule has 2 aromatic carbocycles. The third-order valence-corrected chi connectivity index (χ3v) is 5.30. The van der Waals surface area contributed by atoms with Crippen molar-refractivity contribution in [1.82, 2.24) is 25.2 Å². The summed E-state index contributed by atoms with van der Waals surface area (Å²) >= 11 is 0. The third kappa shape index (κ3) is 4.53. The van der Waals surface area contributed by atoms with Crippen LogP contribution in [0.3, 0.4) is 0 Å². The number of rotatable bonds is 7. The van der Waals surface area contributed by atoms with Gasteiger partial charge in [-0.15, -0.1) is 15.0 Å². The average molecular weight is 479 g/mol. The Morgan fingerprint density at radius 2 is 1.71 bits per heavy atom. The van der Waals surface area contributed by atoms with Crippen LogP contribution in [0.4, 0.5) is 4.79 Å². The van der Waals surface area contributed by atoms with E-state index in [9.17, 15) is 24.3 Å². The first-order valence-corrected chi connectivity index (χ1v) is 10.5. The number of imide groups is 1. The molecule has 0 unspecified atom stereocenters. The van der Waals surface area contributed by atoms with Crippen LogP contribution in [0.25, 0.3) is 16.7 Å². The maximum absolute atomic E-state index is 12.3. The number of nitrogens with one attached hydrogen (secondary N) is 1. The van der Waals surface area contributed by atoms with Gasteiger partial charge in [-0.2, -0.15) is 0 Å². The lowest BCUT2D eigenvalue weighted by Crippen LogP contribution is -2.28. The molecule has 0 aliphatic carbocycles. The molecule has 2 N–H and O–H groups in total. The van der Waals surface area contributed by atoms with Gasteiger partial charge in [0.25, 0.3) is 11.8 Å². The highest BCUT2D eigenvalue weighted by Crippen LogP contribution is 2.30. The van der Waals surface area contributed by atoms with E-state index in [2.05, 4.69) is 22.1 Å². The number of ether oxygens (including phenoxy) is 2. The lowest BCUT2D eigenvalue weighted by molar-refractivity contribution is -0.137. The fraction of sp³-hybridized carbons (Fsp3) is 0.217. The molecule has 0 fully saturated rings. The van der Waals surface area contributed by atoms with E-state index in [0.29, 0.717) is 22.2 Å². The smallest absolute Gasteiger partial charge is 0.407 e. The molecule has 1 aromatic heterocycles. The molecule has 3 amide bonds. The second-order valence-electron chi connectivity index (χ2n) is 7.70. The van der Waals surface area contributed by atoms with Crippen molar-refractivity contribution >= 4 is 34.9 Å². The molecule has 1 aliphatic heterocycles. The zero-order valence-electron chi connectivity index (χ0n) is 18.9. The molecule has 0 saturated heterocycles. The monoisotopic (exact) mass is 479 g/mol. The van der Waals surface area contributed by atoms with E-state index in [0.717, 1.165) is 11.0 Å². The van der Waals surface area contributed by atoms with Gasteiger partial charge in [-0.05, 0) is 42.3 Å². The average Bonchev–Trinajstić information content (AvgIpc) is 3.35. The summed E-state index contributed by atoms with van der Waals surface area (Å²) in [6.07, 6.45) is 0.300. The van der Waals surface area contributed by atoms with E-state index in [4.69, 9.17) is 9.47 Å². The summed E-state index contributed by atoms with van der Waals surface area (Å²) < 4.78 is 9.93. The minimum absolute atomic E-state index is 0.0299. The number of aromatic hydroxyl groups is 1. The van der Waals surface area contributed by atoms with E-state index in [-0.39, 0.29) is 42.3 Å². The zero-order valence-corrected chi connectivity index (χ0v) is 18.9.